The van der Waals surface area contributed by atoms with E-state index in [1.165, 1.54) is 0 Å². The summed E-state index contributed by atoms with van der Waals surface area (Å²) in [7, 11) is 1.72. The van der Waals surface area contributed by atoms with Gasteiger partial charge in [0.25, 0.3) is 5.91 Å². The SMILES string of the molecule is Cc1cccc(OCCN(C)C(=O)c2cc(Cl)c3c(c2)OCO3)c1. The highest BCUT2D eigenvalue weighted by atomic mass is 35.5. The molecule has 1 amide bonds. The number of likely N-dealkylation sites (N-methyl/N-ethyl adjacent to an activating group) is 1. The first-order chi connectivity index (χ1) is 11.5. The zero-order chi connectivity index (χ0) is 17.1. The minimum absolute atomic E-state index is 0.118. The number of hydrogen-bond acceptors (Lipinski definition) is 4. The molecule has 126 valence electrons. The first kappa shape index (κ1) is 16.5. The molecule has 1 aliphatic rings. The molecule has 0 spiro atoms. The van der Waals surface area contributed by atoms with Crippen LogP contribution in [-0.2, 0) is 0 Å². The van der Waals surface area contributed by atoms with Crippen molar-refractivity contribution in [1.29, 1.82) is 0 Å². The summed E-state index contributed by atoms with van der Waals surface area (Å²) in [5, 5.41) is 0.373. The van der Waals surface area contributed by atoms with Crippen molar-refractivity contribution in [3.8, 4) is 17.2 Å². The van der Waals surface area contributed by atoms with Gasteiger partial charge in [-0.25, -0.2) is 0 Å². The number of carbonyl (C=O) groups is 1. The third-order valence-corrected chi connectivity index (χ3v) is 3.99. The Labute approximate surface area is 145 Å². The van der Waals surface area contributed by atoms with E-state index < -0.39 is 0 Å². The highest BCUT2D eigenvalue weighted by molar-refractivity contribution is 6.32. The van der Waals surface area contributed by atoms with Crippen molar-refractivity contribution >= 4 is 17.5 Å². The second-order valence-electron chi connectivity index (χ2n) is 5.58. The van der Waals surface area contributed by atoms with Crippen molar-refractivity contribution in [1.82, 2.24) is 4.90 Å². The molecule has 1 aliphatic heterocycles. The summed E-state index contributed by atoms with van der Waals surface area (Å²) >= 11 is 6.12. The molecule has 6 heteroatoms. The van der Waals surface area contributed by atoms with Crippen LogP contribution in [0.25, 0.3) is 0 Å². The van der Waals surface area contributed by atoms with Crippen molar-refractivity contribution in [3.05, 3.63) is 52.5 Å². The van der Waals surface area contributed by atoms with Gasteiger partial charge in [0.1, 0.15) is 12.4 Å². The maximum absolute atomic E-state index is 12.5. The van der Waals surface area contributed by atoms with E-state index in [1.807, 2.05) is 31.2 Å². The molecule has 0 aliphatic carbocycles. The lowest BCUT2D eigenvalue weighted by Gasteiger charge is -2.18. The topological polar surface area (TPSA) is 48.0 Å². The van der Waals surface area contributed by atoms with Crippen LogP contribution >= 0.6 is 11.6 Å². The molecule has 0 bridgehead atoms. The molecule has 2 aromatic rings. The van der Waals surface area contributed by atoms with Gasteiger partial charge in [0.2, 0.25) is 6.79 Å². The van der Waals surface area contributed by atoms with Gasteiger partial charge in [-0.05, 0) is 36.8 Å². The third-order valence-electron chi connectivity index (χ3n) is 3.71. The summed E-state index contributed by atoms with van der Waals surface area (Å²) in [6.45, 7) is 2.99. The maximum atomic E-state index is 12.5. The van der Waals surface area contributed by atoms with E-state index >= 15 is 0 Å². The van der Waals surface area contributed by atoms with E-state index in [0.29, 0.717) is 35.2 Å². The third kappa shape index (κ3) is 3.57. The number of nitrogens with zero attached hydrogens (tertiary/aromatic N) is 1. The quantitative estimate of drug-likeness (QED) is 0.830. The van der Waals surface area contributed by atoms with Gasteiger partial charge in [0.15, 0.2) is 11.5 Å². The second-order valence-corrected chi connectivity index (χ2v) is 5.99. The predicted molar refractivity (Wildman–Crippen MR) is 91.2 cm³/mol. The van der Waals surface area contributed by atoms with Crippen molar-refractivity contribution in [2.24, 2.45) is 0 Å². The van der Waals surface area contributed by atoms with E-state index in [1.54, 1.807) is 24.1 Å². The molecule has 0 radical (unpaired) electrons. The van der Waals surface area contributed by atoms with Gasteiger partial charge in [0.05, 0.1) is 11.6 Å². The fraction of sp³-hybridized carbons (Fsp3) is 0.278. The van der Waals surface area contributed by atoms with Crippen LogP contribution in [0.1, 0.15) is 15.9 Å². The van der Waals surface area contributed by atoms with Crippen LogP contribution in [0.2, 0.25) is 5.02 Å². The smallest absolute Gasteiger partial charge is 0.253 e. The Bertz CT molecular complexity index is 763. The molecule has 2 aromatic carbocycles. The number of amides is 1. The van der Waals surface area contributed by atoms with Gasteiger partial charge in [-0.2, -0.15) is 0 Å². The lowest BCUT2D eigenvalue weighted by molar-refractivity contribution is 0.0773. The van der Waals surface area contributed by atoms with E-state index in [2.05, 4.69) is 0 Å². The average molecular weight is 348 g/mol. The van der Waals surface area contributed by atoms with Crippen LogP contribution in [-0.4, -0.2) is 37.8 Å². The van der Waals surface area contributed by atoms with Gasteiger partial charge in [0, 0.05) is 12.6 Å². The Kier molecular flexibility index (Phi) is 4.81. The Morgan fingerprint density at radius 1 is 1.29 bits per heavy atom. The molecular formula is C18H18ClNO4. The molecule has 0 fully saturated rings. The van der Waals surface area contributed by atoms with Crippen LogP contribution in [0.4, 0.5) is 0 Å². The van der Waals surface area contributed by atoms with Gasteiger partial charge in [-0.3, -0.25) is 4.79 Å². The maximum Gasteiger partial charge on any atom is 0.253 e. The molecule has 5 nitrogen and oxygen atoms in total. The van der Waals surface area contributed by atoms with Crippen LogP contribution in [0.3, 0.4) is 0 Å². The number of aryl methyl sites for hydroxylation is 1. The van der Waals surface area contributed by atoms with E-state index in [9.17, 15) is 4.79 Å². The lowest BCUT2D eigenvalue weighted by Crippen LogP contribution is -2.30. The summed E-state index contributed by atoms with van der Waals surface area (Å²) in [5.41, 5.74) is 1.59. The molecule has 0 N–H and O–H groups in total. The lowest BCUT2D eigenvalue weighted by atomic mass is 10.1. The number of carbonyl (C=O) groups excluding carboxylic acids is 1. The van der Waals surface area contributed by atoms with Gasteiger partial charge >= 0.3 is 0 Å². The molecule has 0 unspecified atom stereocenters. The predicted octanol–water partition coefficient (Wildman–Crippen LogP) is 3.53. The van der Waals surface area contributed by atoms with E-state index in [4.69, 9.17) is 25.8 Å². The molecule has 0 atom stereocenters. The largest absolute Gasteiger partial charge is 0.492 e. The summed E-state index contributed by atoms with van der Waals surface area (Å²) in [6.07, 6.45) is 0. The monoisotopic (exact) mass is 347 g/mol. The van der Waals surface area contributed by atoms with Crippen LogP contribution in [0.5, 0.6) is 17.2 Å². The van der Waals surface area contributed by atoms with Crippen molar-refractivity contribution in [2.45, 2.75) is 6.92 Å². The Morgan fingerprint density at radius 2 is 2.12 bits per heavy atom. The normalized spacial score (nSPS) is 12.1. The Balaban J connectivity index is 1.60. The second kappa shape index (κ2) is 7.01. The Morgan fingerprint density at radius 3 is 2.92 bits per heavy atom. The van der Waals surface area contributed by atoms with Crippen LogP contribution in [0, 0.1) is 6.92 Å². The summed E-state index contributed by atoms with van der Waals surface area (Å²) in [4.78, 5) is 14.1. The number of halogens is 1. The van der Waals surface area contributed by atoms with Crippen LogP contribution in [0.15, 0.2) is 36.4 Å². The number of hydrogen-bond donors (Lipinski definition) is 0. The van der Waals surface area contributed by atoms with E-state index in [-0.39, 0.29) is 12.7 Å². The highest BCUT2D eigenvalue weighted by Gasteiger charge is 2.22. The highest BCUT2D eigenvalue weighted by Crippen LogP contribution is 2.39. The van der Waals surface area contributed by atoms with Crippen molar-refractivity contribution in [3.63, 3.8) is 0 Å². The first-order valence-electron chi connectivity index (χ1n) is 7.58. The molecule has 3 rings (SSSR count). The molecular weight excluding hydrogens is 330 g/mol. The summed E-state index contributed by atoms with van der Waals surface area (Å²) in [5.74, 6) is 1.62. The molecule has 24 heavy (non-hydrogen) atoms. The summed E-state index contributed by atoms with van der Waals surface area (Å²) in [6, 6.07) is 11.0. The molecule has 0 saturated heterocycles. The number of benzene rings is 2. The first-order valence-corrected chi connectivity index (χ1v) is 7.96. The van der Waals surface area contributed by atoms with Crippen molar-refractivity contribution in [2.75, 3.05) is 27.0 Å². The molecule has 1 heterocycles. The zero-order valence-corrected chi connectivity index (χ0v) is 14.3. The summed E-state index contributed by atoms with van der Waals surface area (Å²) < 4.78 is 16.2. The molecule has 0 aromatic heterocycles. The minimum atomic E-state index is -0.150. The minimum Gasteiger partial charge on any atom is -0.492 e. The Hall–Kier alpha value is -2.40. The van der Waals surface area contributed by atoms with E-state index in [0.717, 1.165) is 11.3 Å². The van der Waals surface area contributed by atoms with Crippen LogP contribution < -0.4 is 14.2 Å². The zero-order valence-electron chi connectivity index (χ0n) is 13.5. The number of ether oxygens (including phenoxy) is 3. The van der Waals surface area contributed by atoms with Gasteiger partial charge in [-0.15, -0.1) is 0 Å². The molecule has 0 saturated carbocycles. The van der Waals surface area contributed by atoms with Gasteiger partial charge < -0.3 is 19.1 Å². The number of fused-ring (bicyclic) bond motifs is 1. The standard InChI is InChI=1S/C18H18ClNO4/c1-12-4-3-5-14(8-12)22-7-6-20(2)18(21)13-9-15(19)17-16(10-13)23-11-24-17/h3-5,8-10H,6-7,11H2,1-2H3. The fourth-order valence-corrected chi connectivity index (χ4v) is 2.68. The van der Waals surface area contributed by atoms with Gasteiger partial charge in [-0.1, -0.05) is 23.7 Å². The number of rotatable bonds is 5. The fourth-order valence-electron chi connectivity index (χ4n) is 2.42. The van der Waals surface area contributed by atoms with Crippen molar-refractivity contribution < 1.29 is 19.0 Å². The average Bonchev–Trinajstić information content (AvgIpc) is 3.03.